The van der Waals surface area contributed by atoms with E-state index in [1.54, 1.807) is 6.07 Å². The van der Waals surface area contributed by atoms with Crippen molar-refractivity contribution in [2.45, 2.75) is 39.0 Å². The highest BCUT2D eigenvalue weighted by Crippen LogP contribution is 2.31. The van der Waals surface area contributed by atoms with E-state index < -0.39 is 0 Å². The lowest BCUT2D eigenvalue weighted by Gasteiger charge is -2.23. The van der Waals surface area contributed by atoms with Gasteiger partial charge in [-0.25, -0.2) is 0 Å². The lowest BCUT2D eigenvalue weighted by molar-refractivity contribution is -0.120. The molecule has 1 aliphatic rings. The molecule has 0 spiro atoms. The quantitative estimate of drug-likeness (QED) is 0.736. The Labute approximate surface area is 132 Å². The normalized spacial score (nSPS) is 18.7. The van der Waals surface area contributed by atoms with Crippen LogP contribution >= 0.6 is 12.4 Å². The fraction of sp³-hybridized carbons (Fsp3) is 0.562. The monoisotopic (exact) mass is 312 g/mol. The first-order chi connectivity index (χ1) is 9.38. The van der Waals surface area contributed by atoms with Crippen LogP contribution in [0.4, 0.5) is 5.69 Å². The lowest BCUT2D eigenvalue weighted by atomic mass is 9.86. The predicted octanol–water partition coefficient (Wildman–Crippen LogP) is 3.05. The van der Waals surface area contributed by atoms with E-state index in [4.69, 9.17) is 0 Å². The summed E-state index contributed by atoms with van der Waals surface area (Å²) in [6.45, 7) is 8.02. The first-order valence-corrected chi connectivity index (χ1v) is 7.23. The third-order valence-corrected chi connectivity index (χ3v) is 3.79. The van der Waals surface area contributed by atoms with Crippen LogP contribution < -0.4 is 10.6 Å². The average Bonchev–Trinajstić information content (AvgIpc) is 2.41. The van der Waals surface area contributed by atoms with Crippen LogP contribution in [0.5, 0.6) is 5.75 Å². The number of carbonyl (C=O) groups excluding carboxylic acids is 1. The van der Waals surface area contributed by atoms with E-state index in [1.165, 1.54) is 0 Å². The first kappa shape index (κ1) is 17.8. The summed E-state index contributed by atoms with van der Waals surface area (Å²) in [4.78, 5) is 12.2. The highest BCUT2D eigenvalue weighted by molar-refractivity contribution is 5.94. The van der Waals surface area contributed by atoms with Gasteiger partial charge in [0.25, 0.3) is 0 Å². The SMILES string of the molecule is CC(C)(C)c1ccc(O)c(NC(=O)C2CCCNC2)c1.Cl. The second-order valence-corrected chi connectivity index (χ2v) is 6.51. The van der Waals surface area contributed by atoms with Crippen LogP contribution in [0.2, 0.25) is 0 Å². The Bertz CT molecular complexity index is 492. The summed E-state index contributed by atoms with van der Waals surface area (Å²) in [5, 5.41) is 16.0. The van der Waals surface area contributed by atoms with Gasteiger partial charge in [0.05, 0.1) is 11.6 Å². The first-order valence-electron chi connectivity index (χ1n) is 7.23. The van der Waals surface area contributed by atoms with Gasteiger partial charge in [0, 0.05) is 6.54 Å². The number of phenolic OH excluding ortho intramolecular Hbond substituents is 1. The molecule has 1 heterocycles. The largest absolute Gasteiger partial charge is 0.506 e. The van der Waals surface area contributed by atoms with Crippen LogP contribution in [0.15, 0.2) is 18.2 Å². The molecule has 1 unspecified atom stereocenters. The molecule has 1 aromatic carbocycles. The van der Waals surface area contributed by atoms with Crippen molar-refractivity contribution in [1.29, 1.82) is 0 Å². The minimum Gasteiger partial charge on any atom is -0.506 e. The molecule has 1 atom stereocenters. The smallest absolute Gasteiger partial charge is 0.228 e. The van der Waals surface area contributed by atoms with Crippen molar-refractivity contribution in [3.63, 3.8) is 0 Å². The number of piperidine rings is 1. The maximum Gasteiger partial charge on any atom is 0.228 e. The van der Waals surface area contributed by atoms with Gasteiger partial charge in [-0.1, -0.05) is 26.8 Å². The summed E-state index contributed by atoms with van der Waals surface area (Å²) in [6, 6.07) is 5.41. The zero-order chi connectivity index (χ0) is 14.8. The summed E-state index contributed by atoms with van der Waals surface area (Å²) >= 11 is 0. The zero-order valence-corrected chi connectivity index (χ0v) is 13.7. The second-order valence-electron chi connectivity index (χ2n) is 6.51. The van der Waals surface area contributed by atoms with Crippen molar-refractivity contribution in [3.05, 3.63) is 23.8 Å². The van der Waals surface area contributed by atoms with Gasteiger partial charge in [0.2, 0.25) is 5.91 Å². The van der Waals surface area contributed by atoms with Crippen molar-refractivity contribution < 1.29 is 9.90 Å². The zero-order valence-electron chi connectivity index (χ0n) is 12.9. The van der Waals surface area contributed by atoms with Crippen LogP contribution in [0.25, 0.3) is 0 Å². The minimum atomic E-state index is -0.0152. The highest BCUT2D eigenvalue weighted by atomic mass is 35.5. The van der Waals surface area contributed by atoms with Gasteiger partial charge >= 0.3 is 0 Å². The number of phenols is 1. The molecule has 21 heavy (non-hydrogen) atoms. The maximum atomic E-state index is 12.2. The standard InChI is InChI=1S/C16H24N2O2.ClH/c1-16(2,3)12-6-7-14(19)13(9-12)18-15(20)11-5-4-8-17-10-11;/h6-7,9,11,17,19H,4-5,8,10H2,1-3H3,(H,18,20);1H. The number of halogens is 1. The van der Waals surface area contributed by atoms with Gasteiger partial charge in [-0.3, -0.25) is 4.79 Å². The van der Waals surface area contributed by atoms with Crippen LogP contribution in [-0.2, 0) is 10.2 Å². The Morgan fingerprint density at radius 2 is 2.10 bits per heavy atom. The molecule has 5 heteroatoms. The molecule has 1 saturated heterocycles. The summed E-state index contributed by atoms with van der Waals surface area (Å²) < 4.78 is 0. The van der Waals surface area contributed by atoms with Crippen molar-refractivity contribution in [1.82, 2.24) is 5.32 Å². The molecule has 3 N–H and O–H groups in total. The lowest BCUT2D eigenvalue weighted by Crippen LogP contribution is -2.37. The number of carbonyl (C=O) groups is 1. The van der Waals surface area contributed by atoms with Gasteiger partial charge in [-0.05, 0) is 42.5 Å². The molecule has 4 nitrogen and oxygen atoms in total. The third-order valence-electron chi connectivity index (χ3n) is 3.79. The van der Waals surface area contributed by atoms with E-state index in [-0.39, 0.29) is 35.4 Å². The summed E-state index contributed by atoms with van der Waals surface area (Å²) in [5.74, 6) is 0.0927. The molecule has 118 valence electrons. The molecule has 0 aromatic heterocycles. The van der Waals surface area contributed by atoms with E-state index in [9.17, 15) is 9.90 Å². The van der Waals surface area contributed by atoms with Gasteiger partial charge in [-0.15, -0.1) is 12.4 Å². The predicted molar refractivity (Wildman–Crippen MR) is 88.3 cm³/mol. The van der Waals surface area contributed by atoms with E-state index in [0.29, 0.717) is 12.2 Å². The van der Waals surface area contributed by atoms with Crippen LogP contribution in [-0.4, -0.2) is 24.1 Å². The fourth-order valence-corrected chi connectivity index (χ4v) is 2.41. The van der Waals surface area contributed by atoms with E-state index in [2.05, 4.69) is 31.4 Å². The molecule has 0 saturated carbocycles. The maximum absolute atomic E-state index is 12.2. The van der Waals surface area contributed by atoms with Crippen molar-refractivity contribution in [2.24, 2.45) is 5.92 Å². The molecule has 1 aromatic rings. The molecular formula is C16H25ClN2O2. The number of hydrogen-bond acceptors (Lipinski definition) is 3. The molecule has 2 rings (SSSR count). The number of rotatable bonds is 2. The molecule has 0 radical (unpaired) electrons. The number of nitrogens with one attached hydrogen (secondary N) is 2. The van der Waals surface area contributed by atoms with Crippen LogP contribution in [0, 0.1) is 5.92 Å². The Morgan fingerprint density at radius 3 is 2.67 bits per heavy atom. The van der Waals surface area contributed by atoms with Gasteiger partial charge in [0.1, 0.15) is 5.75 Å². The second kappa shape index (κ2) is 7.14. The Morgan fingerprint density at radius 1 is 1.38 bits per heavy atom. The summed E-state index contributed by atoms with van der Waals surface area (Å²) in [7, 11) is 0. The Hall–Kier alpha value is -1.26. The molecule has 0 bridgehead atoms. The summed E-state index contributed by atoms with van der Waals surface area (Å²) in [6.07, 6.45) is 1.92. The number of hydrogen-bond donors (Lipinski definition) is 3. The van der Waals surface area contributed by atoms with Crippen LogP contribution in [0.3, 0.4) is 0 Å². The molecule has 1 aliphatic heterocycles. The highest BCUT2D eigenvalue weighted by Gasteiger charge is 2.22. The Balaban J connectivity index is 0.00000220. The summed E-state index contributed by atoms with van der Waals surface area (Å²) in [5.41, 5.74) is 1.58. The van der Waals surface area contributed by atoms with E-state index in [0.717, 1.165) is 24.9 Å². The van der Waals surface area contributed by atoms with Crippen molar-refractivity contribution >= 4 is 24.0 Å². The number of amides is 1. The topological polar surface area (TPSA) is 61.4 Å². The third kappa shape index (κ3) is 4.61. The van der Waals surface area contributed by atoms with Gasteiger partial charge in [0.15, 0.2) is 0 Å². The molecule has 1 fully saturated rings. The molecule has 0 aliphatic carbocycles. The number of anilines is 1. The minimum absolute atomic E-state index is 0. The van der Waals surface area contributed by atoms with E-state index >= 15 is 0 Å². The van der Waals surface area contributed by atoms with Gasteiger partial charge in [-0.2, -0.15) is 0 Å². The fourth-order valence-electron chi connectivity index (χ4n) is 2.41. The number of aromatic hydroxyl groups is 1. The molecular weight excluding hydrogens is 288 g/mol. The molecule has 1 amide bonds. The van der Waals surface area contributed by atoms with Gasteiger partial charge < -0.3 is 15.7 Å². The van der Waals surface area contributed by atoms with Crippen molar-refractivity contribution in [2.75, 3.05) is 18.4 Å². The van der Waals surface area contributed by atoms with Crippen LogP contribution in [0.1, 0.15) is 39.2 Å². The Kier molecular flexibility index (Phi) is 6.05. The van der Waals surface area contributed by atoms with E-state index in [1.807, 2.05) is 12.1 Å². The number of benzene rings is 1. The van der Waals surface area contributed by atoms with Crippen molar-refractivity contribution in [3.8, 4) is 5.75 Å². The average molecular weight is 313 g/mol.